The fraction of sp³-hybridized carbons (Fsp3) is 0.222. The van der Waals surface area contributed by atoms with Crippen LogP contribution in [0, 0.1) is 0 Å². The summed E-state index contributed by atoms with van der Waals surface area (Å²) < 4.78 is 75.4. The van der Waals surface area contributed by atoms with Gasteiger partial charge in [0.15, 0.2) is 5.82 Å². The highest BCUT2D eigenvalue weighted by Crippen LogP contribution is 2.32. The molecule has 0 atom stereocenters. The molecule has 52 heavy (non-hydrogen) atoms. The van der Waals surface area contributed by atoms with Gasteiger partial charge < -0.3 is 26.2 Å². The van der Waals surface area contributed by atoms with Crippen molar-refractivity contribution < 1.29 is 35.9 Å². The number of alkyl halides is 6. The Kier molecular flexibility index (Phi) is 11.7. The quantitative estimate of drug-likeness (QED) is 0.172. The number of benzene rings is 2. The van der Waals surface area contributed by atoms with E-state index in [9.17, 15) is 35.9 Å². The van der Waals surface area contributed by atoms with E-state index in [-0.39, 0.29) is 11.8 Å². The molecule has 0 bridgehead atoms. The van der Waals surface area contributed by atoms with Crippen molar-refractivity contribution in [1.29, 1.82) is 0 Å². The molecule has 0 radical (unpaired) electrons. The van der Waals surface area contributed by atoms with Crippen molar-refractivity contribution in [2.75, 3.05) is 52.3 Å². The van der Waals surface area contributed by atoms with Gasteiger partial charge in [-0.25, -0.2) is 9.97 Å². The minimum atomic E-state index is -4.40. The number of nitrogens with zero attached hydrogens (tertiary/aromatic N) is 4. The third-order valence-corrected chi connectivity index (χ3v) is 8.39. The molecule has 2 aliphatic rings. The summed E-state index contributed by atoms with van der Waals surface area (Å²) in [5.74, 6) is 0.688. The number of pyridine rings is 2. The highest BCUT2D eigenvalue weighted by atomic mass is 35.5. The maximum Gasteiger partial charge on any atom is 0.416 e. The van der Waals surface area contributed by atoms with Crippen LogP contribution in [0.25, 0.3) is 0 Å². The Morgan fingerprint density at radius 2 is 1.08 bits per heavy atom. The molecule has 4 aromatic rings. The number of hydrogen-bond donors (Lipinski definition) is 3. The van der Waals surface area contributed by atoms with Crippen LogP contribution in [-0.2, 0) is 21.9 Å². The molecule has 0 aliphatic carbocycles. The molecule has 272 valence electrons. The van der Waals surface area contributed by atoms with Gasteiger partial charge in [0.2, 0.25) is 0 Å². The number of amides is 2. The van der Waals surface area contributed by atoms with Gasteiger partial charge >= 0.3 is 12.4 Å². The van der Waals surface area contributed by atoms with E-state index in [0.717, 1.165) is 24.3 Å². The van der Waals surface area contributed by atoms with Crippen molar-refractivity contribution in [2.45, 2.75) is 25.2 Å². The maximum absolute atomic E-state index is 12.6. The summed E-state index contributed by atoms with van der Waals surface area (Å²) >= 11 is 6.12. The molecule has 6 rings (SSSR count). The zero-order chi connectivity index (χ0) is 37.5. The highest BCUT2D eigenvalue weighted by Gasteiger charge is 2.31. The predicted octanol–water partition coefficient (Wildman–Crippen LogP) is 7.99. The smallest absolute Gasteiger partial charge is 0.396 e. The maximum atomic E-state index is 12.6. The van der Waals surface area contributed by atoms with Gasteiger partial charge in [0, 0.05) is 61.1 Å². The second-order valence-corrected chi connectivity index (χ2v) is 12.0. The number of nitrogens with two attached hydrogens (primary N) is 1. The Hall–Kier alpha value is -5.57. The first-order valence-electron chi connectivity index (χ1n) is 15.8. The predicted molar refractivity (Wildman–Crippen MR) is 188 cm³/mol. The molecule has 0 fully saturated rings. The molecular formula is C36H32ClF6N7O2. The summed E-state index contributed by atoms with van der Waals surface area (Å²) in [6, 6.07) is 15.7. The number of anilines is 5. The number of nitrogen functional groups attached to an aromatic ring is 1. The lowest BCUT2D eigenvalue weighted by Gasteiger charge is -2.27. The van der Waals surface area contributed by atoms with Gasteiger partial charge in [0.05, 0.1) is 21.8 Å². The normalized spacial score (nSPS) is 14.8. The van der Waals surface area contributed by atoms with Crippen LogP contribution < -0.4 is 26.2 Å². The fourth-order valence-electron chi connectivity index (χ4n) is 5.33. The largest absolute Gasteiger partial charge is 0.416 e. The molecule has 2 aromatic heterocycles. The second-order valence-electron chi connectivity index (χ2n) is 11.6. The van der Waals surface area contributed by atoms with Crippen LogP contribution in [0.15, 0.2) is 108 Å². The van der Waals surface area contributed by atoms with E-state index in [1.54, 1.807) is 48.8 Å². The van der Waals surface area contributed by atoms with E-state index < -0.39 is 23.5 Å². The van der Waals surface area contributed by atoms with Crippen molar-refractivity contribution >= 4 is 52.1 Å². The Bertz CT molecular complexity index is 1810. The van der Waals surface area contributed by atoms with E-state index in [2.05, 4.69) is 20.6 Å². The summed E-state index contributed by atoms with van der Waals surface area (Å²) in [4.78, 5) is 37.0. The average molecular weight is 744 g/mol. The lowest BCUT2D eigenvalue weighted by Crippen LogP contribution is -2.32. The van der Waals surface area contributed by atoms with Gasteiger partial charge in [-0.05, 0) is 85.6 Å². The van der Waals surface area contributed by atoms with E-state index in [1.807, 2.05) is 9.80 Å². The summed E-state index contributed by atoms with van der Waals surface area (Å²) in [5, 5.41) is 5.78. The number of carbonyl (C=O) groups excluding carboxylic acids is 2. The molecule has 4 N–H and O–H groups in total. The summed E-state index contributed by atoms with van der Waals surface area (Å²) in [7, 11) is 0. The van der Waals surface area contributed by atoms with Gasteiger partial charge in [0.1, 0.15) is 5.82 Å². The first kappa shape index (κ1) is 37.7. The first-order chi connectivity index (χ1) is 24.7. The van der Waals surface area contributed by atoms with Gasteiger partial charge in [0.25, 0.3) is 11.8 Å². The van der Waals surface area contributed by atoms with Crippen LogP contribution in [-0.4, -0.2) is 48.0 Å². The Labute approximate surface area is 299 Å². The molecule has 0 unspecified atom stereocenters. The number of aromatic nitrogens is 2. The fourth-order valence-corrected chi connectivity index (χ4v) is 5.57. The highest BCUT2D eigenvalue weighted by molar-refractivity contribution is 6.32. The van der Waals surface area contributed by atoms with Crippen LogP contribution in [0.4, 0.5) is 55.0 Å². The van der Waals surface area contributed by atoms with Crippen LogP contribution >= 0.6 is 11.6 Å². The molecule has 4 heterocycles. The van der Waals surface area contributed by atoms with Gasteiger partial charge in [-0.2, -0.15) is 26.3 Å². The average Bonchev–Trinajstić information content (AvgIpc) is 3.12. The molecule has 2 aromatic carbocycles. The molecular weight excluding hydrogens is 712 g/mol. The van der Waals surface area contributed by atoms with Crippen molar-refractivity contribution in [3.05, 3.63) is 125 Å². The SMILES string of the molecule is Nc1cccnc1N1CC=C(C(=O)Nc2ccc(C(F)(F)F)cc2)CC1.O=C(Nc1ccc(C(F)(F)F)cc1)C1=CCN(c2ncccc2Cl)CC1. The monoisotopic (exact) mass is 743 g/mol. The Morgan fingerprint density at radius 3 is 1.46 bits per heavy atom. The number of nitrogens with one attached hydrogen (secondary N) is 2. The Balaban J connectivity index is 0.000000201. The van der Waals surface area contributed by atoms with E-state index in [0.29, 0.717) is 83.9 Å². The molecule has 2 amide bonds. The molecule has 0 saturated carbocycles. The topological polar surface area (TPSA) is 116 Å². The van der Waals surface area contributed by atoms with Crippen molar-refractivity contribution in [1.82, 2.24) is 9.97 Å². The van der Waals surface area contributed by atoms with E-state index in [1.165, 1.54) is 24.3 Å². The van der Waals surface area contributed by atoms with E-state index >= 15 is 0 Å². The van der Waals surface area contributed by atoms with Gasteiger partial charge in [-0.3, -0.25) is 9.59 Å². The summed E-state index contributed by atoms with van der Waals surface area (Å²) in [6.45, 7) is 2.11. The van der Waals surface area contributed by atoms with Crippen LogP contribution in [0.1, 0.15) is 24.0 Å². The van der Waals surface area contributed by atoms with Crippen LogP contribution in [0.2, 0.25) is 5.02 Å². The van der Waals surface area contributed by atoms with Crippen molar-refractivity contribution in [3.8, 4) is 0 Å². The number of halogens is 7. The minimum Gasteiger partial charge on any atom is -0.396 e. The number of rotatable bonds is 6. The molecule has 9 nitrogen and oxygen atoms in total. The zero-order valence-electron chi connectivity index (χ0n) is 27.3. The summed E-state index contributed by atoms with van der Waals surface area (Å²) in [6.07, 6.45) is -0.970. The zero-order valence-corrected chi connectivity index (χ0v) is 28.1. The molecule has 0 saturated heterocycles. The van der Waals surface area contributed by atoms with Crippen molar-refractivity contribution in [3.63, 3.8) is 0 Å². The second kappa shape index (κ2) is 16.2. The number of hydrogen-bond acceptors (Lipinski definition) is 7. The third-order valence-electron chi connectivity index (χ3n) is 8.10. The lowest BCUT2D eigenvalue weighted by molar-refractivity contribution is -0.138. The standard InChI is InChI=1S/C18H15ClF3N3O.C18H17F3N4O/c19-15-2-1-9-23-16(15)25-10-7-12(8-11-25)17(26)24-14-5-3-13(4-6-14)18(20,21)22;19-18(20,21)13-3-5-14(6-4-13)24-17(26)12-7-10-25(11-8-12)16-15(22)2-1-9-23-16/h1-7,9H,8,10-11H2,(H,24,26);1-7,9H,8,10-11,22H2,(H,24,26). The minimum absolute atomic E-state index is 0.319. The van der Waals surface area contributed by atoms with E-state index in [4.69, 9.17) is 17.3 Å². The third kappa shape index (κ3) is 9.81. The van der Waals surface area contributed by atoms with Crippen LogP contribution in [0.3, 0.4) is 0 Å². The number of carbonyl (C=O) groups is 2. The van der Waals surface area contributed by atoms with Gasteiger partial charge in [-0.1, -0.05) is 23.8 Å². The van der Waals surface area contributed by atoms with Crippen molar-refractivity contribution in [2.24, 2.45) is 0 Å². The Morgan fingerprint density at radius 1 is 0.654 bits per heavy atom. The molecule has 2 aliphatic heterocycles. The van der Waals surface area contributed by atoms with Gasteiger partial charge in [-0.15, -0.1) is 0 Å². The summed E-state index contributed by atoms with van der Waals surface area (Å²) in [5.41, 5.74) is 6.76. The lowest BCUT2D eigenvalue weighted by atomic mass is 10.1. The van der Waals surface area contributed by atoms with Crippen LogP contribution in [0.5, 0.6) is 0 Å². The molecule has 0 spiro atoms. The molecule has 16 heteroatoms. The first-order valence-corrected chi connectivity index (χ1v) is 16.2.